The fraction of sp³-hybridized carbons (Fsp3) is 0.0588. The number of methoxy groups -OCH3 is 1. The third-order valence-electron chi connectivity index (χ3n) is 3.26. The molecule has 22 heavy (non-hydrogen) atoms. The van der Waals surface area contributed by atoms with Gasteiger partial charge in [0, 0.05) is 16.7 Å². The Kier molecular flexibility index (Phi) is 3.82. The standard InChI is InChI=1S/C17H12ClN3O/c1-22-16-7-5-12(6-8-16)17-10-14(11-19)20-21(17)15-4-2-3-13(18)9-15/h2-10H,1H3. The van der Waals surface area contributed by atoms with Crippen molar-refractivity contribution < 1.29 is 4.74 Å². The minimum atomic E-state index is 0.353. The monoisotopic (exact) mass is 309 g/mol. The maximum atomic E-state index is 9.13. The number of halogens is 1. The molecule has 1 heterocycles. The van der Waals surface area contributed by atoms with Crippen LogP contribution in [0.25, 0.3) is 16.9 Å². The van der Waals surface area contributed by atoms with Crippen molar-refractivity contribution in [3.8, 4) is 28.8 Å². The highest BCUT2D eigenvalue weighted by Gasteiger charge is 2.12. The van der Waals surface area contributed by atoms with Crippen molar-refractivity contribution in [1.29, 1.82) is 5.26 Å². The van der Waals surface area contributed by atoms with E-state index in [1.165, 1.54) is 0 Å². The van der Waals surface area contributed by atoms with E-state index in [4.69, 9.17) is 21.6 Å². The Balaban J connectivity index is 2.14. The molecule has 1 aromatic heterocycles. The minimum absolute atomic E-state index is 0.353. The van der Waals surface area contributed by atoms with Gasteiger partial charge in [0.25, 0.3) is 0 Å². The van der Waals surface area contributed by atoms with E-state index in [0.29, 0.717) is 10.7 Å². The Hall–Kier alpha value is -2.77. The van der Waals surface area contributed by atoms with Crippen LogP contribution in [0.5, 0.6) is 5.75 Å². The zero-order valence-corrected chi connectivity index (χ0v) is 12.6. The lowest BCUT2D eigenvalue weighted by Gasteiger charge is -2.08. The molecule has 2 aromatic carbocycles. The molecule has 0 aliphatic carbocycles. The lowest BCUT2D eigenvalue weighted by molar-refractivity contribution is 0.415. The van der Waals surface area contributed by atoms with E-state index in [2.05, 4.69) is 11.2 Å². The topological polar surface area (TPSA) is 50.8 Å². The van der Waals surface area contributed by atoms with Crippen molar-refractivity contribution in [1.82, 2.24) is 9.78 Å². The Bertz CT molecular complexity index is 847. The first-order chi connectivity index (χ1) is 10.7. The molecule has 3 aromatic rings. The molecule has 0 bridgehead atoms. The average molecular weight is 310 g/mol. The molecule has 5 heteroatoms. The van der Waals surface area contributed by atoms with Crippen LogP contribution in [-0.2, 0) is 0 Å². The van der Waals surface area contributed by atoms with E-state index >= 15 is 0 Å². The smallest absolute Gasteiger partial charge is 0.163 e. The van der Waals surface area contributed by atoms with Gasteiger partial charge in [-0.25, -0.2) is 4.68 Å². The van der Waals surface area contributed by atoms with Crippen LogP contribution >= 0.6 is 11.6 Å². The van der Waals surface area contributed by atoms with Gasteiger partial charge in [-0.1, -0.05) is 17.7 Å². The summed E-state index contributed by atoms with van der Waals surface area (Å²) in [5.74, 6) is 0.776. The minimum Gasteiger partial charge on any atom is -0.497 e. The highest BCUT2D eigenvalue weighted by atomic mass is 35.5. The Morgan fingerprint density at radius 2 is 1.91 bits per heavy atom. The summed E-state index contributed by atoms with van der Waals surface area (Å²) in [6.07, 6.45) is 0. The third-order valence-corrected chi connectivity index (χ3v) is 3.50. The van der Waals surface area contributed by atoms with Crippen molar-refractivity contribution in [2.24, 2.45) is 0 Å². The van der Waals surface area contributed by atoms with Crippen LogP contribution < -0.4 is 4.74 Å². The summed E-state index contributed by atoms with van der Waals surface area (Å²) >= 11 is 6.05. The lowest BCUT2D eigenvalue weighted by Crippen LogP contribution is -1.99. The number of hydrogen-bond acceptors (Lipinski definition) is 3. The molecule has 0 saturated heterocycles. The van der Waals surface area contributed by atoms with Crippen molar-refractivity contribution in [2.45, 2.75) is 0 Å². The van der Waals surface area contributed by atoms with Gasteiger partial charge in [0.2, 0.25) is 0 Å². The van der Waals surface area contributed by atoms with Gasteiger partial charge in [-0.05, 0) is 42.5 Å². The van der Waals surface area contributed by atoms with Gasteiger partial charge in [-0.15, -0.1) is 0 Å². The van der Waals surface area contributed by atoms with Crippen LogP contribution in [0.4, 0.5) is 0 Å². The third kappa shape index (κ3) is 2.67. The number of benzene rings is 2. The van der Waals surface area contributed by atoms with Gasteiger partial charge in [-0.3, -0.25) is 0 Å². The first kappa shape index (κ1) is 14.2. The summed E-state index contributed by atoms with van der Waals surface area (Å²) in [6.45, 7) is 0. The van der Waals surface area contributed by atoms with Crippen LogP contribution in [0.3, 0.4) is 0 Å². The fourth-order valence-electron chi connectivity index (χ4n) is 2.21. The summed E-state index contributed by atoms with van der Waals surface area (Å²) in [5.41, 5.74) is 2.92. The van der Waals surface area contributed by atoms with E-state index in [1.807, 2.05) is 42.5 Å². The van der Waals surface area contributed by atoms with Crippen LogP contribution in [0, 0.1) is 11.3 Å². The molecule has 108 valence electrons. The van der Waals surface area contributed by atoms with Crippen molar-refractivity contribution in [3.63, 3.8) is 0 Å². The molecule has 0 spiro atoms. The molecule has 0 saturated carbocycles. The van der Waals surface area contributed by atoms with Crippen LogP contribution in [0.1, 0.15) is 5.69 Å². The maximum absolute atomic E-state index is 9.13. The average Bonchev–Trinajstić information content (AvgIpc) is 2.99. The zero-order chi connectivity index (χ0) is 15.5. The van der Waals surface area contributed by atoms with Crippen molar-refractivity contribution >= 4 is 11.6 Å². The number of rotatable bonds is 3. The molecular weight excluding hydrogens is 298 g/mol. The number of nitriles is 1. The van der Waals surface area contributed by atoms with E-state index in [9.17, 15) is 0 Å². The molecule has 4 nitrogen and oxygen atoms in total. The van der Waals surface area contributed by atoms with Crippen LogP contribution in [0.2, 0.25) is 5.02 Å². The first-order valence-corrected chi connectivity index (χ1v) is 6.99. The normalized spacial score (nSPS) is 10.2. The van der Waals surface area contributed by atoms with Crippen molar-refractivity contribution in [3.05, 3.63) is 65.3 Å². The van der Waals surface area contributed by atoms with Gasteiger partial charge in [0.15, 0.2) is 5.69 Å². The second-order valence-corrected chi connectivity index (χ2v) is 5.08. The van der Waals surface area contributed by atoms with E-state index in [-0.39, 0.29) is 0 Å². The molecule has 0 N–H and O–H groups in total. The molecular formula is C17H12ClN3O. The Morgan fingerprint density at radius 3 is 2.55 bits per heavy atom. The van der Waals surface area contributed by atoms with Crippen LogP contribution in [-0.4, -0.2) is 16.9 Å². The lowest BCUT2D eigenvalue weighted by atomic mass is 10.1. The molecule has 0 fully saturated rings. The molecule has 0 unspecified atom stereocenters. The predicted octanol–water partition coefficient (Wildman–Crippen LogP) is 4.07. The summed E-state index contributed by atoms with van der Waals surface area (Å²) in [6, 6.07) is 18.8. The quantitative estimate of drug-likeness (QED) is 0.732. The summed E-state index contributed by atoms with van der Waals surface area (Å²) in [4.78, 5) is 0. The first-order valence-electron chi connectivity index (χ1n) is 6.62. The predicted molar refractivity (Wildman–Crippen MR) is 85.3 cm³/mol. The summed E-state index contributed by atoms with van der Waals surface area (Å²) < 4.78 is 6.88. The second-order valence-electron chi connectivity index (χ2n) is 4.65. The molecule has 3 rings (SSSR count). The number of aromatic nitrogens is 2. The molecule has 0 radical (unpaired) electrons. The Morgan fingerprint density at radius 1 is 1.14 bits per heavy atom. The van der Waals surface area contributed by atoms with E-state index in [1.54, 1.807) is 23.9 Å². The van der Waals surface area contributed by atoms with Gasteiger partial charge in [0.05, 0.1) is 18.5 Å². The van der Waals surface area contributed by atoms with E-state index in [0.717, 1.165) is 22.7 Å². The molecule has 0 atom stereocenters. The van der Waals surface area contributed by atoms with E-state index < -0.39 is 0 Å². The maximum Gasteiger partial charge on any atom is 0.163 e. The molecule has 0 aliphatic rings. The summed E-state index contributed by atoms with van der Waals surface area (Å²) in [5, 5.41) is 14.1. The summed E-state index contributed by atoms with van der Waals surface area (Å²) in [7, 11) is 1.62. The van der Waals surface area contributed by atoms with Gasteiger partial charge >= 0.3 is 0 Å². The Labute approximate surface area is 133 Å². The molecule has 0 aliphatic heterocycles. The zero-order valence-electron chi connectivity index (χ0n) is 11.8. The molecule has 0 amide bonds. The number of hydrogen-bond donors (Lipinski definition) is 0. The SMILES string of the molecule is COc1ccc(-c2cc(C#N)nn2-c2cccc(Cl)c2)cc1. The van der Waals surface area contributed by atoms with Crippen molar-refractivity contribution in [2.75, 3.05) is 7.11 Å². The highest BCUT2D eigenvalue weighted by Crippen LogP contribution is 2.26. The van der Waals surface area contributed by atoms with Crippen LogP contribution in [0.15, 0.2) is 54.6 Å². The number of nitrogens with zero attached hydrogens (tertiary/aromatic N) is 3. The fourth-order valence-corrected chi connectivity index (χ4v) is 2.39. The number of ether oxygens (including phenoxy) is 1. The second kappa shape index (κ2) is 5.92. The highest BCUT2D eigenvalue weighted by molar-refractivity contribution is 6.30. The van der Waals surface area contributed by atoms with Gasteiger partial charge in [-0.2, -0.15) is 10.4 Å². The van der Waals surface area contributed by atoms with Gasteiger partial charge < -0.3 is 4.74 Å². The van der Waals surface area contributed by atoms with Gasteiger partial charge in [0.1, 0.15) is 11.8 Å². The largest absolute Gasteiger partial charge is 0.497 e.